The number of hydrogen-bond acceptors (Lipinski definition) is 4. The lowest BCUT2D eigenvalue weighted by atomic mass is 10.2. The molecule has 2 N–H and O–H groups in total. The number of nitrogens with zero attached hydrogens (tertiary/aromatic N) is 1. The van der Waals surface area contributed by atoms with Crippen molar-refractivity contribution in [2.24, 2.45) is 0 Å². The molecule has 0 amide bonds. The zero-order chi connectivity index (χ0) is 15.2. The third-order valence-electron chi connectivity index (χ3n) is 2.78. The standard InChI is InChI=1S/C14H15BrClN3O2/c1-21-5-4-17-8-10-7-13(20)19-14(18-10)9-2-3-12(16)11(15)6-9/h2-3,6-7,17H,4-5,8H2,1H3,(H,18,19,20). The molecule has 7 heteroatoms. The van der Waals surface area contributed by atoms with E-state index in [2.05, 4.69) is 31.2 Å². The summed E-state index contributed by atoms with van der Waals surface area (Å²) < 4.78 is 5.71. The normalized spacial score (nSPS) is 10.8. The van der Waals surface area contributed by atoms with Gasteiger partial charge in [-0.25, -0.2) is 4.98 Å². The fourth-order valence-electron chi connectivity index (χ4n) is 1.77. The van der Waals surface area contributed by atoms with Gasteiger partial charge in [0.2, 0.25) is 0 Å². The maximum absolute atomic E-state index is 11.7. The highest BCUT2D eigenvalue weighted by molar-refractivity contribution is 9.10. The molecule has 21 heavy (non-hydrogen) atoms. The summed E-state index contributed by atoms with van der Waals surface area (Å²) in [6, 6.07) is 6.87. The number of ether oxygens (including phenoxy) is 1. The lowest BCUT2D eigenvalue weighted by Crippen LogP contribution is -2.21. The monoisotopic (exact) mass is 371 g/mol. The molecule has 0 unspecified atom stereocenters. The van der Waals surface area contributed by atoms with Crippen molar-refractivity contribution in [3.63, 3.8) is 0 Å². The van der Waals surface area contributed by atoms with Gasteiger partial charge in [0.1, 0.15) is 5.82 Å². The number of benzene rings is 1. The summed E-state index contributed by atoms with van der Waals surface area (Å²) in [4.78, 5) is 18.9. The smallest absolute Gasteiger partial charge is 0.251 e. The number of methoxy groups -OCH3 is 1. The fourth-order valence-corrected chi connectivity index (χ4v) is 2.27. The first-order valence-corrected chi connectivity index (χ1v) is 7.52. The molecule has 2 rings (SSSR count). The van der Waals surface area contributed by atoms with Crippen LogP contribution in [0.1, 0.15) is 5.69 Å². The largest absolute Gasteiger partial charge is 0.383 e. The van der Waals surface area contributed by atoms with Crippen molar-refractivity contribution < 1.29 is 4.74 Å². The third kappa shape index (κ3) is 4.64. The van der Waals surface area contributed by atoms with E-state index < -0.39 is 0 Å². The summed E-state index contributed by atoms with van der Waals surface area (Å²) in [6.07, 6.45) is 0. The minimum atomic E-state index is -0.186. The molecular formula is C14H15BrClN3O2. The van der Waals surface area contributed by atoms with E-state index in [0.29, 0.717) is 36.2 Å². The molecule has 0 atom stereocenters. The first kappa shape index (κ1) is 16.2. The molecule has 0 spiro atoms. The van der Waals surface area contributed by atoms with Crippen LogP contribution in [-0.2, 0) is 11.3 Å². The summed E-state index contributed by atoms with van der Waals surface area (Å²) in [5, 5.41) is 3.77. The van der Waals surface area contributed by atoms with Crippen LogP contribution in [0.3, 0.4) is 0 Å². The summed E-state index contributed by atoms with van der Waals surface area (Å²) in [5.74, 6) is 0.517. The van der Waals surface area contributed by atoms with Gasteiger partial charge < -0.3 is 15.0 Å². The maximum Gasteiger partial charge on any atom is 0.251 e. The van der Waals surface area contributed by atoms with Crippen molar-refractivity contribution in [2.75, 3.05) is 20.3 Å². The Balaban J connectivity index is 2.21. The number of rotatable bonds is 6. The van der Waals surface area contributed by atoms with E-state index in [4.69, 9.17) is 16.3 Å². The molecule has 0 fully saturated rings. The molecule has 0 saturated heterocycles. The van der Waals surface area contributed by atoms with E-state index in [1.54, 1.807) is 13.2 Å². The predicted molar refractivity (Wildman–Crippen MR) is 86.6 cm³/mol. The molecule has 0 radical (unpaired) electrons. The Labute approximate surface area is 135 Å². The van der Waals surface area contributed by atoms with E-state index >= 15 is 0 Å². The molecule has 0 aliphatic carbocycles. The van der Waals surface area contributed by atoms with Gasteiger partial charge >= 0.3 is 0 Å². The van der Waals surface area contributed by atoms with Crippen LogP contribution in [0.5, 0.6) is 0 Å². The van der Waals surface area contributed by atoms with Gasteiger partial charge in [0, 0.05) is 36.3 Å². The summed E-state index contributed by atoms with van der Waals surface area (Å²) in [5.41, 5.74) is 1.28. The second-order valence-corrected chi connectivity index (χ2v) is 5.65. The van der Waals surface area contributed by atoms with Crippen LogP contribution in [0.4, 0.5) is 0 Å². The van der Waals surface area contributed by atoms with E-state index in [0.717, 1.165) is 10.0 Å². The van der Waals surface area contributed by atoms with Crippen molar-refractivity contribution in [3.05, 3.63) is 49.8 Å². The number of aromatic nitrogens is 2. The fraction of sp³-hybridized carbons (Fsp3) is 0.286. The summed E-state index contributed by atoms with van der Waals surface area (Å²) in [7, 11) is 1.64. The molecule has 0 bridgehead atoms. The maximum atomic E-state index is 11.7. The highest BCUT2D eigenvalue weighted by Crippen LogP contribution is 2.26. The van der Waals surface area contributed by atoms with Gasteiger partial charge in [-0.2, -0.15) is 0 Å². The van der Waals surface area contributed by atoms with Crippen LogP contribution in [0, 0.1) is 0 Å². The van der Waals surface area contributed by atoms with Crippen LogP contribution in [0.25, 0.3) is 11.4 Å². The van der Waals surface area contributed by atoms with Gasteiger partial charge in [0.25, 0.3) is 5.56 Å². The first-order valence-electron chi connectivity index (χ1n) is 6.35. The molecule has 2 aromatic rings. The quantitative estimate of drug-likeness (QED) is 0.765. The van der Waals surface area contributed by atoms with Crippen LogP contribution < -0.4 is 10.9 Å². The number of aromatic amines is 1. The molecule has 0 saturated carbocycles. The second kappa shape index (κ2) is 7.70. The van der Waals surface area contributed by atoms with E-state index in [9.17, 15) is 4.79 Å². The molecule has 1 heterocycles. The van der Waals surface area contributed by atoms with E-state index in [-0.39, 0.29) is 5.56 Å². The molecule has 112 valence electrons. The molecular weight excluding hydrogens is 358 g/mol. The van der Waals surface area contributed by atoms with Gasteiger partial charge in [-0.3, -0.25) is 4.79 Å². The zero-order valence-electron chi connectivity index (χ0n) is 11.5. The van der Waals surface area contributed by atoms with Gasteiger partial charge in [-0.1, -0.05) is 11.6 Å². The Kier molecular flexibility index (Phi) is 5.93. The first-order chi connectivity index (χ1) is 10.1. The Morgan fingerprint density at radius 2 is 2.24 bits per heavy atom. The molecule has 1 aromatic carbocycles. The van der Waals surface area contributed by atoms with Crippen molar-refractivity contribution >= 4 is 27.5 Å². The van der Waals surface area contributed by atoms with E-state index in [1.807, 2.05) is 12.1 Å². The predicted octanol–water partition coefficient (Wildman–Crippen LogP) is 2.59. The second-order valence-electron chi connectivity index (χ2n) is 4.38. The van der Waals surface area contributed by atoms with Gasteiger partial charge in [-0.05, 0) is 34.1 Å². The highest BCUT2D eigenvalue weighted by atomic mass is 79.9. The van der Waals surface area contributed by atoms with Crippen molar-refractivity contribution in [1.29, 1.82) is 0 Å². The number of nitrogens with one attached hydrogen (secondary N) is 2. The number of halogens is 2. The molecule has 1 aromatic heterocycles. The van der Waals surface area contributed by atoms with Gasteiger partial charge in [0.15, 0.2) is 0 Å². The lowest BCUT2D eigenvalue weighted by molar-refractivity contribution is 0.199. The topological polar surface area (TPSA) is 67.0 Å². The SMILES string of the molecule is COCCNCc1cc(=O)[nH]c(-c2ccc(Cl)c(Br)c2)n1. The van der Waals surface area contributed by atoms with Crippen molar-refractivity contribution in [1.82, 2.24) is 15.3 Å². The summed E-state index contributed by atoms with van der Waals surface area (Å²) >= 11 is 9.33. The Bertz CT molecular complexity index is 676. The highest BCUT2D eigenvalue weighted by Gasteiger charge is 2.06. The Morgan fingerprint density at radius 1 is 1.43 bits per heavy atom. The minimum absolute atomic E-state index is 0.186. The van der Waals surface area contributed by atoms with Crippen molar-refractivity contribution in [3.8, 4) is 11.4 Å². The van der Waals surface area contributed by atoms with E-state index in [1.165, 1.54) is 6.07 Å². The Morgan fingerprint density at radius 3 is 2.95 bits per heavy atom. The van der Waals surface area contributed by atoms with Gasteiger partial charge in [-0.15, -0.1) is 0 Å². The number of hydrogen-bond donors (Lipinski definition) is 2. The third-order valence-corrected chi connectivity index (χ3v) is 3.99. The number of H-pyrrole nitrogens is 1. The molecule has 0 aliphatic rings. The molecule has 5 nitrogen and oxygen atoms in total. The van der Waals surface area contributed by atoms with Crippen LogP contribution in [-0.4, -0.2) is 30.2 Å². The average Bonchev–Trinajstić information content (AvgIpc) is 2.46. The average molecular weight is 373 g/mol. The van der Waals surface area contributed by atoms with Crippen LogP contribution in [0.2, 0.25) is 5.02 Å². The Hall–Kier alpha value is -1.21. The van der Waals surface area contributed by atoms with Crippen molar-refractivity contribution in [2.45, 2.75) is 6.54 Å². The molecule has 0 aliphatic heterocycles. The lowest BCUT2D eigenvalue weighted by Gasteiger charge is -2.07. The minimum Gasteiger partial charge on any atom is -0.383 e. The summed E-state index contributed by atoms with van der Waals surface area (Å²) in [6.45, 7) is 1.82. The zero-order valence-corrected chi connectivity index (χ0v) is 13.8. The van der Waals surface area contributed by atoms with Crippen LogP contribution in [0.15, 0.2) is 33.5 Å². The van der Waals surface area contributed by atoms with Gasteiger partial charge in [0.05, 0.1) is 17.3 Å². The van der Waals surface area contributed by atoms with Crippen LogP contribution >= 0.6 is 27.5 Å².